The van der Waals surface area contributed by atoms with E-state index in [1.807, 2.05) is 0 Å². The van der Waals surface area contributed by atoms with Gasteiger partial charge in [0.25, 0.3) is 11.1 Å². The summed E-state index contributed by atoms with van der Waals surface area (Å²) in [4.78, 5) is 22.2. The Morgan fingerprint density at radius 3 is 1.52 bits per heavy atom. The predicted octanol–water partition coefficient (Wildman–Crippen LogP) is 3.29. The topological polar surface area (TPSA) is 110 Å². The van der Waals surface area contributed by atoms with Gasteiger partial charge in [-0.15, -0.1) is 0 Å². The van der Waals surface area contributed by atoms with E-state index in [2.05, 4.69) is 38.0 Å². The minimum absolute atomic E-state index is 0.00117. The molecule has 0 aliphatic carbocycles. The molecule has 2 aromatic rings. The average molecular weight is 411 g/mol. The maximum absolute atomic E-state index is 11.1. The molecule has 0 spiro atoms. The van der Waals surface area contributed by atoms with Crippen molar-refractivity contribution in [2.75, 3.05) is 26.4 Å². The molecule has 0 unspecified atom stereocenters. The largest absolute Gasteiger partial charge is 0.384 e. The summed E-state index contributed by atoms with van der Waals surface area (Å²) in [5, 5.41) is 4.64. The second kappa shape index (κ2) is 10.6. The predicted molar refractivity (Wildman–Crippen MR) is 109 cm³/mol. The van der Waals surface area contributed by atoms with E-state index < -0.39 is 0 Å². The number of aromatic nitrogens is 2. The molecule has 0 aliphatic heterocycles. The van der Waals surface area contributed by atoms with E-state index in [-0.39, 0.29) is 21.9 Å². The van der Waals surface area contributed by atoms with Crippen LogP contribution in [0.1, 0.15) is 58.5 Å². The highest BCUT2D eigenvalue weighted by molar-refractivity contribution is 4.98. The van der Waals surface area contributed by atoms with E-state index in [9.17, 15) is 9.59 Å². The van der Waals surface area contributed by atoms with Gasteiger partial charge in [-0.25, -0.2) is 0 Å². The fourth-order valence-corrected chi connectivity index (χ4v) is 3.10. The number of aromatic amines is 2. The Kier molecular flexibility index (Phi) is 8.52. The lowest BCUT2D eigenvalue weighted by atomic mass is 9.85. The minimum atomic E-state index is -0.202. The molecule has 0 amide bonds. The maximum atomic E-state index is 11.1. The molecule has 0 saturated heterocycles. The van der Waals surface area contributed by atoms with E-state index >= 15 is 0 Å². The summed E-state index contributed by atoms with van der Waals surface area (Å²) in [7, 11) is 0. The van der Waals surface area contributed by atoms with Crippen LogP contribution in [0.2, 0.25) is 0 Å². The van der Waals surface area contributed by atoms with Gasteiger partial charge in [0, 0.05) is 51.4 Å². The molecular formula is C21H34N2O6. The Morgan fingerprint density at radius 1 is 0.759 bits per heavy atom. The molecule has 0 radical (unpaired) electrons. The van der Waals surface area contributed by atoms with Gasteiger partial charge in [0.15, 0.2) is 0 Å². The molecule has 2 heterocycles. The summed E-state index contributed by atoms with van der Waals surface area (Å²) >= 11 is 0. The third-order valence-electron chi connectivity index (χ3n) is 4.88. The van der Waals surface area contributed by atoms with Crippen molar-refractivity contribution < 1.29 is 18.5 Å². The first-order valence-corrected chi connectivity index (χ1v) is 10.2. The normalized spacial score (nSPS) is 12.6. The van der Waals surface area contributed by atoms with Crippen molar-refractivity contribution in [1.29, 1.82) is 0 Å². The van der Waals surface area contributed by atoms with E-state index in [1.165, 1.54) is 12.1 Å². The lowest BCUT2D eigenvalue weighted by Gasteiger charge is -2.23. The second-order valence-corrected chi connectivity index (χ2v) is 9.12. The highest BCUT2D eigenvalue weighted by Crippen LogP contribution is 2.26. The Bertz CT molecular complexity index is 758. The smallest absolute Gasteiger partial charge is 0.280 e. The molecule has 0 atom stereocenters. The number of nitrogens with one attached hydrogen (secondary N) is 2. The van der Waals surface area contributed by atoms with Crippen molar-refractivity contribution in [1.82, 2.24) is 10.3 Å². The van der Waals surface area contributed by atoms with Crippen LogP contribution in [0.15, 0.2) is 30.8 Å². The van der Waals surface area contributed by atoms with Crippen molar-refractivity contribution in [2.24, 2.45) is 10.8 Å². The summed E-state index contributed by atoms with van der Waals surface area (Å²) < 4.78 is 21.7. The van der Waals surface area contributed by atoms with Crippen molar-refractivity contribution in [3.63, 3.8) is 0 Å². The van der Waals surface area contributed by atoms with Crippen LogP contribution in [-0.2, 0) is 22.3 Å². The van der Waals surface area contributed by atoms with Crippen LogP contribution in [0.25, 0.3) is 0 Å². The van der Waals surface area contributed by atoms with Crippen molar-refractivity contribution in [3.8, 4) is 0 Å². The molecule has 2 rings (SSSR count). The Balaban J connectivity index is 1.49. The molecular weight excluding hydrogens is 376 g/mol. The minimum Gasteiger partial charge on any atom is -0.384 e. The van der Waals surface area contributed by atoms with Crippen molar-refractivity contribution >= 4 is 0 Å². The van der Waals surface area contributed by atoms with Crippen molar-refractivity contribution in [3.05, 3.63) is 44.4 Å². The molecule has 0 saturated carbocycles. The summed E-state index contributed by atoms with van der Waals surface area (Å²) in [5.41, 5.74) is -0.407. The molecule has 8 heteroatoms. The van der Waals surface area contributed by atoms with Crippen molar-refractivity contribution in [2.45, 2.75) is 59.8 Å². The first-order valence-electron chi connectivity index (χ1n) is 10.2. The summed E-state index contributed by atoms with van der Waals surface area (Å²) in [6, 6.07) is 2.99. The van der Waals surface area contributed by atoms with Gasteiger partial charge in [-0.1, -0.05) is 27.7 Å². The molecule has 29 heavy (non-hydrogen) atoms. The zero-order chi connectivity index (χ0) is 21.3. The number of rotatable bonds is 14. The maximum Gasteiger partial charge on any atom is 0.280 e. The van der Waals surface area contributed by atoms with Crippen LogP contribution in [0.5, 0.6) is 0 Å². The monoisotopic (exact) mass is 410 g/mol. The van der Waals surface area contributed by atoms with Gasteiger partial charge in [-0.3, -0.25) is 9.59 Å². The summed E-state index contributed by atoms with van der Waals surface area (Å²) in [5.74, 6) is 1.35. The zero-order valence-electron chi connectivity index (χ0n) is 18.0. The number of H-pyrrole nitrogens is 2. The molecule has 2 N–H and O–H groups in total. The summed E-state index contributed by atoms with van der Waals surface area (Å²) in [6.07, 6.45) is 4.00. The second-order valence-electron chi connectivity index (χ2n) is 9.12. The van der Waals surface area contributed by atoms with Crippen LogP contribution in [-0.4, -0.2) is 36.7 Å². The highest BCUT2D eigenvalue weighted by Gasteiger charge is 2.21. The van der Waals surface area contributed by atoms with Gasteiger partial charge in [0.2, 0.25) is 0 Å². The van der Waals surface area contributed by atoms with Gasteiger partial charge >= 0.3 is 0 Å². The zero-order valence-corrected chi connectivity index (χ0v) is 18.0. The first kappa shape index (κ1) is 23.2. The average Bonchev–Trinajstić information content (AvgIpc) is 3.20. The Labute approximate surface area is 170 Å². The van der Waals surface area contributed by atoms with Crippen LogP contribution in [0, 0.1) is 10.8 Å². The summed E-state index contributed by atoms with van der Waals surface area (Å²) in [6.45, 7) is 11.2. The molecule has 0 aliphatic rings. The number of hydrogen-bond donors (Lipinski definition) is 2. The van der Waals surface area contributed by atoms with E-state index in [0.717, 1.165) is 19.3 Å². The molecule has 0 bridgehead atoms. The fourth-order valence-electron chi connectivity index (χ4n) is 3.10. The quantitative estimate of drug-likeness (QED) is 0.462. The third kappa shape index (κ3) is 9.32. The van der Waals surface area contributed by atoms with Gasteiger partial charge in [0.1, 0.15) is 11.5 Å². The first-order chi connectivity index (χ1) is 13.7. The lowest BCUT2D eigenvalue weighted by molar-refractivity contribution is 0.0597. The van der Waals surface area contributed by atoms with E-state index in [0.29, 0.717) is 50.8 Å². The fraction of sp³-hybridized carbons (Fsp3) is 0.714. The Hall–Kier alpha value is -2.06. The highest BCUT2D eigenvalue weighted by atomic mass is 16.5. The van der Waals surface area contributed by atoms with Gasteiger partial charge < -0.3 is 18.5 Å². The van der Waals surface area contributed by atoms with E-state index in [4.69, 9.17) is 18.5 Å². The van der Waals surface area contributed by atoms with E-state index in [1.54, 1.807) is 0 Å². The third-order valence-corrected chi connectivity index (χ3v) is 4.88. The molecule has 2 aromatic heterocycles. The lowest BCUT2D eigenvalue weighted by Crippen LogP contribution is -2.19. The SMILES string of the molecule is CC(C)(CCOCCCOCCC(C)(C)Cc1cc(=O)[nH]o1)Cc1cc(=O)[nH]o1. The van der Waals surface area contributed by atoms with Gasteiger partial charge in [-0.2, -0.15) is 10.3 Å². The standard InChI is InChI=1S/C21H34N2O6/c1-20(2,14-16-12-18(24)22-28-16)6-10-26-8-5-9-27-11-7-21(3,4)15-17-13-19(25)23-29-17/h12-13H,5-11,14-15H2,1-4H3,(H,22,24)(H,23,25). The van der Waals surface area contributed by atoms with Crippen LogP contribution in [0.3, 0.4) is 0 Å². The van der Waals surface area contributed by atoms with Gasteiger partial charge in [-0.05, 0) is 30.1 Å². The van der Waals surface area contributed by atoms with Crippen LogP contribution < -0.4 is 11.1 Å². The molecule has 8 nitrogen and oxygen atoms in total. The van der Waals surface area contributed by atoms with Crippen LogP contribution in [0.4, 0.5) is 0 Å². The van der Waals surface area contributed by atoms with Gasteiger partial charge in [0.05, 0.1) is 0 Å². The number of ether oxygens (including phenoxy) is 2. The van der Waals surface area contributed by atoms with Crippen LogP contribution >= 0.6 is 0 Å². The Morgan fingerprint density at radius 2 is 1.17 bits per heavy atom. The molecule has 164 valence electrons. The molecule has 0 fully saturated rings. The number of hydrogen-bond acceptors (Lipinski definition) is 6. The molecule has 0 aromatic carbocycles.